The molecule has 21 heavy (non-hydrogen) atoms. The average Bonchev–Trinajstić information content (AvgIpc) is 3.23. The third-order valence-electron chi connectivity index (χ3n) is 4.12. The molecule has 0 atom stereocenters. The molecule has 0 aliphatic heterocycles. The van der Waals surface area contributed by atoms with Gasteiger partial charge in [0.15, 0.2) is 0 Å². The molecule has 0 spiro atoms. The van der Waals surface area contributed by atoms with Crippen LogP contribution in [0.1, 0.15) is 32.6 Å². The summed E-state index contributed by atoms with van der Waals surface area (Å²) in [7, 11) is 0. The van der Waals surface area contributed by atoms with Crippen molar-refractivity contribution in [3.8, 4) is 0 Å². The Labute approximate surface area is 125 Å². The van der Waals surface area contributed by atoms with Gasteiger partial charge in [0, 0.05) is 26.1 Å². The summed E-state index contributed by atoms with van der Waals surface area (Å²) < 4.78 is 2.08. The van der Waals surface area contributed by atoms with E-state index in [4.69, 9.17) is 0 Å². The lowest BCUT2D eigenvalue weighted by molar-refractivity contribution is -0.131. The van der Waals surface area contributed by atoms with Crippen LogP contribution in [0.3, 0.4) is 0 Å². The normalized spacial score (nSPS) is 14.5. The van der Waals surface area contributed by atoms with Crippen LogP contribution in [0.25, 0.3) is 11.0 Å². The van der Waals surface area contributed by atoms with E-state index in [9.17, 15) is 4.79 Å². The zero-order chi connectivity index (χ0) is 14.7. The first-order chi connectivity index (χ1) is 10.3. The molecule has 0 unspecified atom stereocenters. The fourth-order valence-electron chi connectivity index (χ4n) is 2.76. The van der Waals surface area contributed by atoms with Crippen molar-refractivity contribution in [3.63, 3.8) is 0 Å². The maximum atomic E-state index is 12.4. The highest BCUT2D eigenvalue weighted by Gasteiger charge is 2.26. The molecule has 0 saturated heterocycles. The van der Waals surface area contributed by atoms with Gasteiger partial charge < -0.3 is 9.47 Å². The van der Waals surface area contributed by atoms with E-state index in [1.807, 2.05) is 24.5 Å². The summed E-state index contributed by atoms with van der Waals surface area (Å²) in [4.78, 5) is 18.8. The molecule has 1 aliphatic carbocycles. The molecular weight excluding hydrogens is 262 g/mol. The third kappa shape index (κ3) is 3.43. The average molecular weight is 285 g/mol. The molecule has 1 amide bonds. The molecule has 0 radical (unpaired) electrons. The zero-order valence-electron chi connectivity index (χ0n) is 12.7. The minimum atomic E-state index is 0.279. The number of amides is 1. The van der Waals surface area contributed by atoms with E-state index in [1.54, 1.807) is 0 Å². The molecular formula is C17H23N3O. The second-order valence-electron chi connectivity index (χ2n) is 5.96. The Balaban J connectivity index is 1.61. The Morgan fingerprint density at radius 2 is 2.19 bits per heavy atom. The van der Waals surface area contributed by atoms with Crippen LogP contribution in [-0.4, -0.2) is 33.4 Å². The van der Waals surface area contributed by atoms with Gasteiger partial charge in [0.1, 0.15) is 0 Å². The van der Waals surface area contributed by atoms with Crippen LogP contribution in [-0.2, 0) is 11.3 Å². The summed E-state index contributed by atoms with van der Waals surface area (Å²) in [5, 5.41) is 0. The third-order valence-corrected chi connectivity index (χ3v) is 4.12. The smallest absolute Gasteiger partial charge is 0.224 e. The van der Waals surface area contributed by atoms with Crippen LogP contribution in [0.15, 0.2) is 30.6 Å². The van der Waals surface area contributed by atoms with Crippen LogP contribution in [0.2, 0.25) is 0 Å². The number of aromatic nitrogens is 2. The van der Waals surface area contributed by atoms with Crippen molar-refractivity contribution in [1.29, 1.82) is 0 Å². The van der Waals surface area contributed by atoms with Gasteiger partial charge in [-0.2, -0.15) is 0 Å². The number of benzene rings is 1. The van der Waals surface area contributed by atoms with Gasteiger partial charge in [-0.1, -0.05) is 19.1 Å². The van der Waals surface area contributed by atoms with Gasteiger partial charge >= 0.3 is 0 Å². The van der Waals surface area contributed by atoms with Crippen LogP contribution in [0.5, 0.6) is 0 Å². The molecule has 0 N–H and O–H groups in total. The Kier molecular flexibility index (Phi) is 4.23. The quantitative estimate of drug-likeness (QED) is 0.784. The number of carbonyl (C=O) groups is 1. The Morgan fingerprint density at radius 3 is 2.95 bits per heavy atom. The van der Waals surface area contributed by atoms with E-state index in [-0.39, 0.29) is 5.91 Å². The first kappa shape index (κ1) is 14.1. The minimum absolute atomic E-state index is 0.279. The van der Waals surface area contributed by atoms with Crippen LogP contribution in [0, 0.1) is 5.92 Å². The van der Waals surface area contributed by atoms with Gasteiger partial charge in [0.2, 0.25) is 5.91 Å². The lowest BCUT2D eigenvalue weighted by Gasteiger charge is -2.22. The van der Waals surface area contributed by atoms with Gasteiger partial charge in [-0.05, 0) is 37.3 Å². The Bertz CT molecular complexity index is 615. The van der Waals surface area contributed by atoms with Crippen molar-refractivity contribution in [2.24, 2.45) is 5.92 Å². The highest BCUT2D eigenvalue weighted by molar-refractivity contribution is 5.77. The fraction of sp³-hybridized carbons (Fsp3) is 0.529. The van der Waals surface area contributed by atoms with Crippen LogP contribution < -0.4 is 0 Å². The van der Waals surface area contributed by atoms with Gasteiger partial charge in [-0.3, -0.25) is 4.79 Å². The number of rotatable bonds is 7. The number of fused-ring (bicyclic) bond motifs is 1. The van der Waals surface area contributed by atoms with Crippen LogP contribution >= 0.6 is 0 Å². The van der Waals surface area contributed by atoms with E-state index in [0.717, 1.165) is 36.5 Å². The van der Waals surface area contributed by atoms with E-state index in [0.29, 0.717) is 13.0 Å². The SMILES string of the molecule is CCCN(CC1CC1)C(=O)CCn1cnc2ccccc21. The number of carbonyl (C=O) groups excluding carboxylic acids is 1. The van der Waals surface area contributed by atoms with Crippen molar-refractivity contribution in [3.05, 3.63) is 30.6 Å². The van der Waals surface area contributed by atoms with E-state index in [2.05, 4.69) is 27.4 Å². The summed E-state index contributed by atoms with van der Waals surface area (Å²) in [5.41, 5.74) is 2.10. The predicted octanol–water partition coefficient (Wildman–Crippen LogP) is 3.08. The molecule has 4 nitrogen and oxygen atoms in total. The molecule has 2 aromatic rings. The van der Waals surface area contributed by atoms with Crippen molar-refractivity contribution < 1.29 is 4.79 Å². The maximum Gasteiger partial charge on any atom is 0.224 e. The zero-order valence-corrected chi connectivity index (χ0v) is 12.7. The largest absolute Gasteiger partial charge is 0.342 e. The molecule has 1 aromatic heterocycles. The number of hydrogen-bond donors (Lipinski definition) is 0. The molecule has 1 aliphatic rings. The molecule has 1 aromatic carbocycles. The van der Waals surface area contributed by atoms with Crippen molar-refractivity contribution in [1.82, 2.24) is 14.5 Å². The summed E-state index contributed by atoms with van der Waals surface area (Å²) >= 11 is 0. The molecule has 112 valence electrons. The second kappa shape index (κ2) is 6.29. The maximum absolute atomic E-state index is 12.4. The molecule has 1 fully saturated rings. The fourth-order valence-corrected chi connectivity index (χ4v) is 2.76. The minimum Gasteiger partial charge on any atom is -0.342 e. The Morgan fingerprint density at radius 1 is 1.38 bits per heavy atom. The first-order valence-electron chi connectivity index (χ1n) is 7.95. The Hall–Kier alpha value is -1.84. The van der Waals surface area contributed by atoms with E-state index >= 15 is 0 Å². The number of para-hydroxylation sites is 2. The predicted molar refractivity (Wildman–Crippen MR) is 83.9 cm³/mol. The number of hydrogen-bond acceptors (Lipinski definition) is 2. The molecule has 4 heteroatoms. The van der Waals surface area contributed by atoms with Crippen molar-refractivity contribution in [2.45, 2.75) is 39.2 Å². The number of imidazole rings is 1. The van der Waals surface area contributed by atoms with Gasteiger partial charge in [-0.25, -0.2) is 4.98 Å². The monoisotopic (exact) mass is 285 g/mol. The van der Waals surface area contributed by atoms with E-state index < -0.39 is 0 Å². The molecule has 1 heterocycles. The molecule has 0 bridgehead atoms. The van der Waals surface area contributed by atoms with Crippen LogP contribution in [0.4, 0.5) is 0 Å². The van der Waals surface area contributed by atoms with Gasteiger partial charge in [0.05, 0.1) is 17.4 Å². The summed E-state index contributed by atoms with van der Waals surface area (Å²) in [5.74, 6) is 1.04. The summed E-state index contributed by atoms with van der Waals surface area (Å²) in [6.45, 7) is 4.69. The number of nitrogens with zero attached hydrogens (tertiary/aromatic N) is 3. The number of aryl methyl sites for hydroxylation is 1. The standard InChI is InChI=1S/C17H23N3O/c1-2-10-19(12-14-7-8-14)17(21)9-11-20-13-18-15-5-3-4-6-16(15)20/h3-6,13-14H,2,7-12H2,1H3. The molecule has 1 saturated carbocycles. The summed E-state index contributed by atoms with van der Waals surface area (Å²) in [6, 6.07) is 8.06. The lowest BCUT2D eigenvalue weighted by atomic mass is 10.2. The highest BCUT2D eigenvalue weighted by Crippen LogP contribution is 2.30. The second-order valence-corrected chi connectivity index (χ2v) is 5.96. The lowest BCUT2D eigenvalue weighted by Crippen LogP contribution is -2.34. The van der Waals surface area contributed by atoms with Crippen molar-refractivity contribution >= 4 is 16.9 Å². The first-order valence-corrected chi connectivity index (χ1v) is 7.95. The van der Waals surface area contributed by atoms with Gasteiger partial charge in [-0.15, -0.1) is 0 Å². The van der Waals surface area contributed by atoms with Crippen molar-refractivity contribution in [2.75, 3.05) is 13.1 Å². The van der Waals surface area contributed by atoms with E-state index in [1.165, 1.54) is 12.8 Å². The topological polar surface area (TPSA) is 38.1 Å². The van der Waals surface area contributed by atoms with Gasteiger partial charge in [0.25, 0.3) is 0 Å². The summed E-state index contributed by atoms with van der Waals surface area (Å²) in [6.07, 6.45) is 6.02. The highest BCUT2D eigenvalue weighted by atomic mass is 16.2. The molecule has 3 rings (SSSR count).